The Morgan fingerprint density at radius 1 is 1.12 bits per heavy atom. The number of anilines is 1. The van der Waals surface area contributed by atoms with Crippen molar-refractivity contribution in [2.75, 3.05) is 36.8 Å². The molecule has 3 aromatic rings. The SMILES string of the molecule is CCS(=O)(=O)N1CCC(c2c[nH]c3c(C(N)=O)cc(-c4ccc(N5CCCC5)nc4)cc23)CC1. The van der Waals surface area contributed by atoms with Crippen LogP contribution in [0.1, 0.15) is 54.4 Å². The van der Waals surface area contributed by atoms with Gasteiger partial charge >= 0.3 is 0 Å². The average Bonchev–Trinajstić information content (AvgIpc) is 3.54. The summed E-state index contributed by atoms with van der Waals surface area (Å²) < 4.78 is 26.1. The van der Waals surface area contributed by atoms with E-state index in [1.54, 1.807) is 11.2 Å². The van der Waals surface area contributed by atoms with Gasteiger partial charge in [-0.2, -0.15) is 0 Å². The molecule has 0 radical (unpaired) electrons. The van der Waals surface area contributed by atoms with Crippen molar-refractivity contribution in [3.05, 3.63) is 47.8 Å². The summed E-state index contributed by atoms with van der Waals surface area (Å²) in [4.78, 5) is 22.5. The van der Waals surface area contributed by atoms with Crippen molar-refractivity contribution in [3.63, 3.8) is 0 Å². The maximum atomic E-state index is 12.3. The number of rotatable bonds is 6. The Morgan fingerprint density at radius 2 is 1.85 bits per heavy atom. The van der Waals surface area contributed by atoms with E-state index in [0.29, 0.717) is 18.7 Å². The fourth-order valence-electron chi connectivity index (χ4n) is 5.27. The van der Waals surface area contributed by atoms with Crippen molar-refractivity contribution >= 4 is 32.7 Å². The van der Waals surface area contributed by atoms with E-state index in [9.17, 15) is 13.2 Å². The third-order valence-electron chi connectivity index (χ3n) is 7.25. The molecule has 5 rings (SSSR count). The van der Waals surface area contributed by atoms with Crippen LogP contribution in [0.25, 0.3) is 22.0 Å². The first-order chi connectivity index (χ1) is 16.4. The number of nitrogens with two attached hydrogens (primary N) is 1. The highest BCUT2D eigenvalue weighted by atomic mass is 32.2. The molecule has 2 saturated heterocycles. The van der Waals surface area contributed by atoms with Gasteiger partial charge in [0, 0.05) is 49.5 Å². The molecule has 0 bridgehead atoms. The monoisotopic (exact) mass is 481 g/mol. The van der Waals surface area contributed by atoms with Crippen molar-refractivity contribution in [2.24, 2.45) is 5.73 Å². The number of piperidine rings is 1. The summed E-state index contributed by atoms with van der Waals surface area (Å²) in [5.41, 5.74) is 9.87. The van der Waals surface area contributed by atoms with Crippen LogP contribution in [-0.2, 0) is 10.0 Å². The second kappa shape index (κ2) is 9.03. The largest absolute Gasteiger partial charge is 0.366 e. The van der Waals surface area contributed by atoms with Gasteiger partial charge in [0.15, 0.2) is 0 Å². The van der Waals surface area contributed by atoms with Gasteiger partial charge in [0.05, 0.1) is 16.8 Å². The zero-order valence-corrected chi connectivity index (χ0v) is 20.3. The molecule has 9 heteroatoms. The third-order valence-corrected chi connectivity index (χ3v) is 9.13. The number of sulfonamides is 1. The van der Waals surface area contributed by atoms with E-state index in [1.807, 2.05) is 30.6 Å². The molecule has 2 fully saturated rings. The lowest BCUT2D eigenvalue weighted by Crippen LogP contribution is -2.38. The minimum absolute atomic E-state index is 0.126. The van der Waals surface area contributed by atoms with Crippen LogP contribution in [-0.4, -0.2) is 60.5 Å². The molecule has 0 atom stereocenters. The highest BCUT2D eigenvalue weighted by Crippen LogP contribution is 2.37. The molecule has 3 N–H and O–H groups in total. The predicted octanol–water partition coefficient (Wildman–Crippen LogP) is 3.46. The average molecular weight is 482 g/mol. The van der Waals surface area contributed by atoms with Crippen LogP contribution < -0.4 is 10.6 Å². The molecule has 0 saturated carbocycles. The predicted molar refractivity (Wildman–Crippen MR) is 135 cm³/mol. The summed E-state index contributed by atoms with van der Waals surface area (Å²) >= 11 is 0. The zero-order valence-electron chi connectivity index (χ0n) is 19.5. The van der Waals surface area contributed by atoms with Crippen LogP contribution in [0.15, 0.2) is 36.7 Å². The van der Waals surface area contributed by atoms with Gasteiger partial charge < -0.3 is 15.6 Å². The number of amides is 1. The first-order valence-electron chi connectivity index (χ1n) is 12.0. The molecule has 0 aliphatic carbocycles. The lowest BCUT2D eigenvalue weighted by Gasteiger charge is -2.31. The fourth-order valence-corrected chi connectivity index (χ4v) is 6.40. The number of hydrogen-bond acceptors (Lipinski definition) is 5. The van der Waals surface area contributed by atoms with Crippen LogP contribution in [0.3, 0.4) is 0 Å². The summed E-state index contributed by atoms with van der Waals surface area (Å²) in [5.74, 6) is 0.837. The highest BCUT2D eigenvalue weighted by molar-refractivity contribution is 7.89. The fraction of sp³-hybridized carbons (Fsp3) is 0.440. The van der Waals surface area contributed by atoms with E-state index >= 15 is 0 Å². The Balaban J connectivity index is 1.48. The first kappa shape index (κ1) is 22.9. The number of carbonyl (C=O) groups is 1. The Bertz CT molecular complexity index is 1300. The van der Waals surface area contributed by atoms with Gasteiger partial charge in [-0.15, -0.1) is 0 Å². The number of aromatic amines is 1. The normalized spacial score (nSPS) is 18.1. The van der Waals surface area contributed by atoms with Gasteiger partial charge in [-0.05, 0) is 73.9 Å². The third kappa shape index (κ3) is 4.18. The molecule has 2 aliphatic heterocycles. The Kier molecular flexibility index (Phi) is 6.07. The Labute approximate surface area is 200 Å². The number of nitrogens with zero attached hydrogens (tertiary/aromatic N) is 3. The summed E-state index contributed by atoms with van der Waals surface area (Å²) in [6.07, 6.45) is 7.69. The van der Waals surface area contributed by atoms with Crippen LogP contribution >= 0.6 is 0 Å². The van der Waals surface area contributed by atoms with Crippen molar-refractivity contribution in [1.82, 2.24) is 14.3 Å². The first-order valence-corrected chi connectivity index (χ1v) is 13.6. The Morgan fingerprint density at radius 3 is 2.47 bits per heavy atom. The lowest BCUT2D eigenvalue weighted by molar-refractivity contribution is 0.100. The van der Waals surface area contributed by atoms with Crippen molar-refractivity contribution < 1.29 is 13.2 Å². The molecule has 0 spiro atoms. The molecular formula is C25H31N5O3S. The summed E-state index contributed by atoms with van der Waals surface area (Å²) in [6, 6.07) is 8.01. The summed E-state index contributed by atoms with van der Waals surface area (Å²) in [5, 5.41) is 0.965. The number of hydrogen-bond donors (Lipinski definition) is 2. The molecule has 2 aliphatic rings. The van der Waals surface area contributed by atoms with E-state index in [1.165, 1.54) is 12.8 Å². The Hall–Kier alpha value is -2.91. The molecule has 1 amide bonds. The smallest absolute Gasteiger partial charge is 0.250 e. The van der Waals surface area contributed by atoms with Crippen molar-refractivity contribution in [2.45, 2.75) is 38.5 Å². The molecule has 180 valence electrons. The highest BCUT2D eigenvalue weighted by Gasteiger charge is 2.29. The number of benzene rings is 1. The van der Waals surface area contributed by atoms with Crippen LogP contribution in [0.4, 0.5) is 5.82 Å². The summed E-state index contributed by atoms with van der Waals surface area (Å²) in [6.45, 7) is 4.78. The number of H-pyrrole nitrogens is 1. The number of primary amides is 1. The van der Waals surface area contributed by atoms with E-state index in [2.05, 4.69) is 20.9 Å². The molecule has 2 aromatic heterocycles. The van der Waals surface area contributed by atoms with Crippen LogP contribution in [0.2, 0.25) is 0 Å². The van der Waals surface area contributed by atoms with Crippen molar-refractivity contribution in [3.8, 4) is 11.1 Å². The topological polar surface area (TPSA) is 112 Å². The van der Waals surface area contributed by atoms with Crippen LogP contribution in [0.5, 0.6) is 0 Å². The number of fused-ring (bicyclic) bond motifs is 1. The minimum atomic E-state index is -3.17. The quantitative estimate of drug-likeness (QED) is 0.560. The second-order valence-corrected chi connectivity index (χ2v) is 11.5. The van der Waals surface area contributed by atoms with Crippen LogP contribution in [0, 0.1) is 0 Å². The number of aromatic nitrogens is 2. The van der Waals surface area contributed by atoms with Crippen molar-refractivity contribution in [1.29, 1.82) is 0 Å². The second-order valence-electron chi connectivity index (χ2n) is 9.23. The summed E-state index contributed by atoms with van der Waals surface area (Å²) in [7, 11) is -3.17. The molecule has 0 unspecified atom stereocenters. The maximum absolute atomic E-state index is 12.3. The molecule has 4 heterocycles. The van der Waals surface area contributed by atoms with Gasteiger partial charge in [-0.25, -0.2) is 17.7 Å². The standard InChI is InChI=1S/C25H31N5O3S/c1-2-34(32,33)30-11-7-17(8-12-30)22-16-28-24-20(22)13-19(14-21(24)25(26)31)18-5-6-23(27-15-18)29-9-3-4-10-29/h5-6,13-17,28H,2-4,7-12H2,1H3,(H2,26,31). The number of pyridine rings is 1. The van der Waals surface area contributed by atoms with E-state index in [-0.39, 0.29) is 11.7 Å². The molecule has 8 nitrogen and oxygen atoms in total. The van der Waals surface area contributed by atoms with E-state index < -0.39 is 15.9 Å². The van der Waals surface area contributed by atoms with E-state index in [0.717, 1.165) is 59.3 Å². The van der Waals surface area contributed by atoms with Gasteiger partial charge in [0.1, 0.15) is 5.82 Å². The zero-order chi connectivity index (χ0) is 23.9. The molecular weight excluding hydrogens is 450 g/mol. The van der Waals surface area contributed by atoms with Gasteiger partial charge in [0.2, 0.25) is 10.0 Å². The molecule has 34 heavy (non-hydrogen) atoms. The van der Waals surface area contributed by atoms with Gasteiger partial charge in [0.25, 0.3) is 5.91 Å². The number of carbonyl (C=O) groups excluding carboxylic acids is 1. The molecule has 1 aromatic carbocycles. The minimum Gasteiger partial charge on any atom is -0.366 e. The van der Waals surface area contributed by atoms with E-state index in [4.69, 9.17) is 5.73 Å². The number of nitrogens with one attached hydrogen (secondary N) is 1. The maximum Gasteiger partial charge on any atom is 0.250 e. The lowest BCUT2D eigenvalue weighted by atomic mass is 9.88. The van der Waals surface area contributed by atoms with Gasteiger partial charge in [-0.3, -0.25) is 4.79 Å². The van der Waals surface area contributed by atoms with Gasteiger partial charge in [-0.1, -0.05) is 0 Å².